The van der Waals surface area contributed by atoms with Crippen LogP contribution in [0.25, 0.3) is 11.0 Å². The quantitative estimate of drug-likeness (QED) is 0.279. The lowest BCUT2D eigenvalue weighted by Gasteiger charge is -2.14. The van der Waals surface area contributed by atoms with E-state index >= 15 is 0 Å². The van der Waals surface area contributed by atoms with Gasteiger partial charge in [-0.2, -0.15) is 0 Å². The van der Waals surface area contributed by atoms with Crippen molar-refractivity contribution in [3.05, 3.63) is 90.3 Å². The van der Waals surface area contributed by atoms with Crippen molar-refractivity contribution < 1.29 is 18.9 Å². The number of nitrogens with zero attached hydrogens (tertiary/aromatic N) is 2. The molecule has 176 valence electrons. The Hall–Kier alpha value is -3.93. The first-order valence-corrected chi connectivity index (χ1v) is 11.2. The molecule has 6 nitrogen and oxygen atoms in total. The highest BCUT2D eigenvalue weighted by Gasteiger charge is 2.14. The van der Waals surface area contributed by atoms with Gasteiger partial charge in [0.15, 0.2) is 23.0 Å². The van der Waals surface area contributed by atoms with Crippen LogP contribution >= 0.6 is 0 Å². The van der Waals surface area contributed by atoms with Crippen molar-refractivity contribution in [3.63, 3.8) is 0 Å². The third-order valence-corrected chi connectivity index (χ3v) is 5.72. The topological polar surface area (TPSA) is 54.7 Å². The number of fused-ring (bicyclic) bond motifs is 1. The van der Waals surface area contributed by atoms with E-state index in [-0.39, 0.29) is 0 Å². The van der Waals surface area contributed by atoms with Gasteiger partial charge in [0.1, 0.15) is 12.4 Å². The number of rotatable bonds is 11. The summed E-state index contributed by atoms with van der Waals surface area (Å²) in [5.74, 6) is 3.83. The average molecular weight is 459 g/mol. The minimum absolute atomic E-state index is 0.483. The van der Waals surface area contributed by atoms with Crippen LogP contribution in [0.1, 0.15) is 17.0 Å². The largest absolute Gasteiger partial charge is 0.493 e. The maximum Gasteiger partial charge on any atom is 0.161 e. The van der Waals surface area contributed by atoms with Gasteiger partial charge in [-0.05, 0) is 53.9 Å². The number of ether oxygens (including phenoxy) is 4. The lowest BCUT2D eigenvalue weighted by atomic mass is 10.1. The van der Waals surface area contributed by atoms with Gasteiger partial charge < -0.3 is 23.5 Å². The van der Waals surface area contributed by atoms with Crippen LogP contribution in [0.15, 0.2) is 73.3 Å². The van der Waals surface area contributed by atoms with Crippen LogP contribution in [0.4, 0.5) is 0 Å². The molecule has 4 aromatic rings. The van der Waals surface area contributed by atoms with Gasteiger partial charge in [0, 0.05) is 6.42 Å². The van der Waals surface area contributed by atoms with Crippen molar-refractivity contribution in [2.45, 2.75) is 19.4 Å². The van der Waals surface area contributed by atoms with E-state index in [0.717, 1.165) is 45.9 Å². The summed E-state index contributed by atoms with van der Waals surface area (Å²) in [6, 6.07) is 20.1. The summed E-state index contributed by atoms with van der Waals surface area (Å²) in [6.45, 7) is 4.94. The SMILES string of the molecule is C=CCc1ccc(OCCn2c(Cc3ccc(OC)c(OC)c3)nc3ccccc32)c(OC)c1. The summed E-state index contributed by atoms with van der Waals surface area (Å²) in [5.41, 5.74) is 4.27. The first kappa shape index (κ1) is 23.2. The van der Waals surface area contributed by atoms with Crippen molar-refractivity contribution in [2.24, 2.45) is 0 Å². The summed E-state index contributed by atoms with van der Waals surface area (Å²) in [4.78, 5) is 4.90. The molecule has 6 heteroatoms. The maximum atomic E-state index is 6.12. The van der Waals surface area contributed by atoms with E-state index in [2.05, 4.69) is 17.2 Å². The van der Waals surface area contributed by atoms with Crippen LogP contribution in [0.5, 0.6) is 23.0 Å². The Bertz CT molecular complexity index is 1280. The van der Waals surface area contributed by atoms with Gasteiger partial charge in [0.25, 0.3) is 0 Å². The molecule has 0 aliphatic rings. The second kappa shape index (κ2) is 10.8. The van der Waals surface area contributed by atoms with Crippen LogP contribution in [-0.2, 0) is 19.4 Å². The molecule has 0 bridgehead atoms. The van der Waals surface area contributed by atoms with Crippen molar-refractivity contribution in [1.29, 1.82) is 0 Å². The second-order valence-corrected chi connectivity index (χ2v) is 7.86. The van der Waals surface area contributed by atoms with E-state index in [1.807, 2.05) is 60.7 Å². The predicted octanol–water partition coefficient (Wildman–Crippen LogP) is 5.46. The zero-order valence-electron chi connectivity index (χ0n) is 19.9. The molecular weight excluding hydrogens is 428 g/mol. The Kier molecular flexibility index (Phi) is 7.38. The van der Waals surface area contributed by atoms with E-state index in [1.54, 1.807) is 21.3 Å². The third kappa shape index (κ3) is 5.01. The molecular formula is C28H30N2O4. The van der Waals surface area contributed by atoms with Gasteiger partial charge >= 0.3 is 0 Å². The number of para-hydroxylation sites is 2. The summed E-state index contributed by atoms with van der Waals surface area (Å²) in [6.07, 6.45) is 3.32. The zero-order chi connectivity index (χ0) is 23.9. The molecule has 0 aliphatic heterocycles. The number of aromatic nitrogens is 2. The molecule has 0 aliphatic carbocycles. The molecule has 0 amide bonds. The molecule has 0 radical (unpaired) electrons. The van der Waals surface area contributed by atoms with Crippen LogP contribution in [0.2, 0.25) is 0 Å². The fraction of sp³-hybridized carbons (Fsp3) is 0.250. The van der Waals surface area contributed by atoms with Gasteiger partial charge in [-0.3, -0.25) is 0 Å². The Labute approximate surface area is 200 Å². The van der Waals surface area contributed by atoms with Gasteiger partial charge in [0.2, 0.25) is 0 Å². The first-order valence-electron chi connectivity index (χ1n) is 11.2. The fourth-order valence-corrected chi connectivity index (χ4v) is 4.05. The third-order valence-electron chi connectivity index (χ3n) is 5.72. The lowest BCUT2D eigenvalue weighted by molar-refractivity contribution is 0.280. The molecule has 0 unspecified atom stereocenters. The van der Waals surface area contributed by atoms with Gasteiger partial charge in [0.05, 0.1) is 38.9 Å². The highest BCUT2D eigenvalue weighted by Crippen LogP contribution is 2.30. The summed E-state index contributed by atoms with van der Waals surface area (Å²) in [7, 11) is 4.94. The van der Waals surface area contributed by atoms with Crippen LogP contribution in [0.3, 0.4) is 0 Å². The van der Waals surface area contributed by atoms with E-state index < -0.39 is 0 Å². The normalized spacial score (nSPS) is 10.8. The Morgan fingerprint density at radius 3 is 2.26 bits per heavy atom. The van der Waals surface area contributed by atoms with Gasteiger partial charge in [-0.15, -0.1) is 6.58 Å². The van der Waals surface area contributed by atoms with Gasteiger partial charge in [-0.1, -0.05) is 30.3 Å². The van der Waals surface area contributed by atoms with Crippen LogP contribution < -0.4 is 18.9 Å². The van der Waals surface area contributed by atoms with E-state index in [9.17, 15) is 0 Å². The average Bonchev–Trinajstić information content (AvgIpc) is 3.21. The molecule has 0 fully saturated rings. The highest BCUT2D eigenvalue weighted by atomic mass is 16.5. The zero-order valence-corrected chi connectivity index (χ0v) is 19.9. The first-order chi connectivity index (χ1) is 16.7. The summed E-state index contributed by atoms with van der Waals surface area (Å²) < 4.78 is 24.7. The Balaban J connectivity index is 1.56. The lowest BCUT2D eigenvalue weighted by Crippen LogP contribution is -2.12. The Morgan fingerprint density at radius 2 is 1.50 bits per heavy atom. The number of methoxy groups -OCH3 is 3. The van der Waals surface area contributed by atoms with Crippen molar-refractivity contribution in [2.75, 3.05) is 27.9 Å². The Morgan fingerprint density at radius 1 is 0.824 bits per heavy atom. The minimum Gasteiger partial charge on any atom is -0.493 e. The van der Waals surface area contributed by atoms with Crippen LogP contribution in [0, 0.1) is 0 Å². The molecule has 1 aromatic heterocycles. The smallest absolute Gasteiger partial charge is 0.161 e. The molecule has 1 heterocycles. The summed E-state index contributed by atoms with van der Waals surface area (Å²) >= 11 is 0. The standard InChI is InChI=1S/C28H30N2O4/c1-5-8-20-11-14-25(27(17-20)33-4)34-16-15-30-23-10-7-6-9-22(23)29-28(30)19-21-12-13-24(31-2)26(18-21)32-3/h5-7,9-14,17-18H,1,8,15-16,19H2,2-4H3. The molecule has 0 spiro atoms. The fourth-order valence-electron chi connectivity index (χ4n) is 4.05. The number of benzene rings is 3. The number of hydrogen-bond donors (Lipinski definition) is 0. The minimum atomic E-state index is 0.483. The van der Waals surface area contributed by atoms with Crippen molar-refractivity contribution in [3.8, 4) is 23.0 Å². The molecule has 0 saturated heterocycles. The van der Waals surface area contributed by atoms with E-state index in [0.29, 0.717) is 31.1 Å². The second-order valence-electron chi connectivity index (χ2n) is 7.86. The van der Waals surface area contributed by atoms with Crippen LogP contribution in [-0.4, -0.2) is 37.5 Å². The molecule has 0 N–H and O–H groups in total. The van der Waals surface area contributed by atoms with E-state index in [4.69, 9.17) is 23.9 Å². The van der Waals surface area contributed by atoms with E-state index in [1.165, 1.54) is 0 Å². The van der Waals surface area contributed by atoms with Crippen molar-refractivity contribution >= 4 is 11.0 Å². The summed E-state index contributed by atoms with van der Waals surface area (Å²) in [5, 5.41) is 0. The predicted molar refractivity (Wildman–Crippen MR) is 134 cm³/mol. The molecule has 4 rings (SSSR count). The molecule has 0 saturated carbocycles. The monoisotopic (exact) mass is 458 g/mol. The highest BCUT2D eigenvalue weighted by molar-refractivity contribution is 5.76. The number of imidazole rings is 1. The molecule has 0 atom stereocenters. The van der Waals surface area contributed by atoms with Gasteiger partial charge in [-0.25, -0.2) is 4.98 Å². The number of hydrogen-bond acceptors (Lipinski definition) is 5. The number of allylic oxidation sites excluding steroid dienone is 1. The molecule has 34 heavy (non-hydrogen) atoms. The maximum absolute atomic E-state index is 6.12. The molecule has 3 aromatic carbocycles. The van der Waals surface area contributed by atoms with Crippen molar-refractivity contribution in [1.82, 2.24) is 9.55 Å².